The summed E-state index contributed by atoms with van der Waals surface area (Å²) >= 11 is 0. The van der Waals surface area contributed by atoms with Crippen molar-refractivity contribution >= 4 is 29.2 Å². The summed E-state index contributed by atoms with van der Waals surface area (Å²) in [6, 6.07) is 8.53. The van der Waals surface area contributed by atoms with Gasteiger partial charge in [0.15, 0.2) is 11.6 Å². The van der Waals surface area contributed by atoms with Crippen LogP contribution in [0.5, 0.6) is 0 Å². The first-order valence-electron chi connectivity index (χ1n) is 11.3. The van der Waals surface area contributed by atoms with Crippen LogP contribution in [0.1, 0.15) is 24.0 Å². The van der Waals surface area contributed by atoms with Crippen molar-refractivity contribution in [3.8, 4) is 0 Å². The first-order chi connectivity index (χ1) is 16.1. The number of ether oxygens (including phenoxy) is 1. The third kappa shape index (κ3) is 6.01. The molecule has 1 aromatic heterocycles. The molecule has 2 aromatic rings. The number of hydrogen-bond acceptors (Lipinski definition) is 8. The Kier molecular flexibility index (Phi) is 7.41. The first-order valence-corrected chi connectivity index (χ1v) is 11.3. The van der Waals surface area contributed by atoms with Crippen LogP contribution in [0.2, 0.25) is 0 Å². The van der Waals surface area contributed by atoms with Crippen LogP contribution >= 0.6 is 0 Å². The van der Waals surface area contributed by atoms with E-state index < -0.39 is 0 Å². The molecule has 1 aromatic carbocycles. The molecule has 0 bridgehead atoms. The molecule has 0 atom stereocenters. The normalized spacial score (nSPS) is 16.0. The SMILES string of the molecule is C=C/C=C\OCCNc1nc(N)c2c(n1)N(Cc1cccc(CN3CCCC3)c1)CC(=O)N2. The maximum Gasteiger partial charge on any atom is 0.244 e. The summed E-state index contributed by atoms with van der Waals surface area (Å²) < 4.78 is 5.34. The van der Waals surface area contributed by atoms with Crippen LogP contribution in [-0.4, -0.2) is 53.6 Å². The van der Waals surface area contributed by atoms with Crippen LogP contribution in [-0.2, 0) is 22.6 Å². The highest BCUT2D eigenvalue weighted by atomic mass is 16.5. The Morgan fingerprint density at radius 1 is 1.21 bits per heavy atom. The molecule has 3 heterocycles. The Hall–Kier alpha value is -3.59. The standard InChI is InChI=1S/C24H31N7O2/c1-2-3-12-33-13-9-26-24-28-22(25)21-23(29-24)31(17-20(32)27-21)16-19-8-6-7-18(14-19)15-30-10-4-5-11-30/h2-3,6-8,12,14H,1,4-5,9-11,13,15-17H2,(H,27,32)(H3,25,26,28,29)/b12-3-. The summed E-state index contributed by atoms with van der Waals surface area (Å²) in [4.78, 5) is 25.7. The number of likely N-dealkylation sites (tertiary alicyclic amines) is 1. The van der Waals surface area contributed by atoms with Gasteiger partial charge in [0.25, 0.3) is 0 Å². The maximum atomic E-state index is 12.3. The maximum absolute atomic E-state index is 12.3. The molecule has 0 spiro atoms. The molecule has 0 aliphatic carbocycles. The topological polar surface area (TPSA) is 109 Å². The van der Waals surface area contributed by atoms with Gasteiger partial charge in [-0.05, 0) is 43.1 Å². The largest absolute Gasteiger partial charge is 0.499 e. The Labute approximate surface area is 194 Å². The van der Waals surface area contributed by atoms with E-state index in [-0.39, 0.29) is 18.3 Å². The van der Waals surface area contributed by atoms with Crippen molar-refractivity contribution in [2.24, 2.45) is 0 Å². The van der Waals surface area contributed by atoms with Crippen molar-refractivity contribution in [1.82, 2.24) is 14.9 Å². The number of hydrogen-bond donors (Lipinski definition) is 3. The molecule has 2 aliphatic rings. The second-order valence-corrected chi connectivity index (χ2v) is 8.20. The lowest BCUT2D eigenvalue weighted by Gasteiger charge is -2.30. The Balaban J connectivity index is 1.47. The number of nitrogens with two attached hydrogens (primary N) is 1. The van der Waals surface area contributed by atoms with Gasteiger partial charge >= 0.3 is 0 Å². The number of carbonyl (C=O) groups is 1. The van der Waals surface area contributed by atoms with E-state index >= 15 is 0 Å². The molecule has 33 heavy (non-hydrogen) atoms. The van der Waals surface area contributed by atoms with E-state index in [9.17, 15) is 4.79 Å². The van der Waals surface area contributed by atoms with Gasteiger partial charge in [0.05, 0.1) is 19.4 Å². The van der Waals surface area contributed by atoms with Crippen molar-refractivity contribution in [2.75, 3.05) is 54.1 Å². The second-order valence-electron chi connectivity index (χ2n) is 8.20. The third-order valence-electron chi connectivity index (χ3n) is 5.60. The van der Waals surface area contributed by atoms with Gasteiger partial charge in [0, 0.05) is 13.1 Å². The van der Waals surface area contributed by atoms with Crippen LogP contribution in [0, 0.1) is 0 Å². The Morgan fingerprint density at radius 3 is 2.79 bits per heavy atom. The second kappa shape index (κ2) is 10.8. The number of nitrogens with zero attached hydrogens (tertiary/aromatic N) is 4. The van der Waals surface area contributed by atoms with Crippen molar-refractivity contribution in [3.05, 3.63) is 60.4 Å². The molecule has 1 amide bonds. The number of allylic oxidation sites excluding steroid dienone is 2. The molecule has 0 unspecified atom stereocenters. The predicted octanol–water partition coefficient (Wildman–Crippen LogP) is 2.74. The van der Waals surface area contributed by atoms with Gasteiger partial charge in [-0.3, -0.25) is 9.69 Å². The molecular formula is C24H31N7O2. The van der Waals surface area contributed by atoms with Gasteiger partial charge in [0.1, 0.15) is 12.3 Å². The number of fused-ring (bicyclic) bond motifs is 1. The van der Waals surface area contributed by atoms with E-state index in [1.54, 1.807) is 18.4 Å². The monoisotopic (exact) mass is 449 g/mol. The van der Waals surface area contributed by atoms with Crippen molar-refractivity contribution in [1.29, 1.82) is 0 Å². The van der Waals surface area contributed by atoms with E-state index in [2.05, 4.69) is 56.3 Å². The molecule has 174 valence electrons. The van der Waals surface area contributed by atoms with Crippen LogP contribution < -0.4 is 21.3 Å². The highest BCUT2D eigenvalue weighted by Crippen LogP contribution is 2.33. The Morgan fingerprint density at radius 2 is 2.00 bits per heavy atom. The van der Waals surface area contributed by atoms with E-state index in [4.69, 9.17) is 10.5 Å². The average Bonchev–Trinajstić information content (AvgIpc) is 3.30. The molecular weight excluding hydrogens is 418 g/mol. The zero-order valence-electron chi connectivity index (χ0n) is 18.8. The van der Waals surface area contributed by atoms with E-state index in [1.165, 1.54) is 18.4 Å². The third-order valence-corrected chi connectivity index (χ3v) is 5.60. The minimum absolute atomic E-state index is 0.130. The van der Waals surface area contributed by atoms with Gasteiger partial charge in [-0.2, -0.15) is 9.97 Å². The predicted molar refractivity (Wildman–Crippen MR) is 131 cm³/mol. The molecule has 0 radical (unpaired) electrons. The fourth-order valence-corrected chi connectivity index (χ4v) is 4.10. The summed E-state index contributed by atoms with van der Waals surface area (Å²) in [5, 5.41) is 5.94. The lowest BCUT2D eigenvalue weighted by atomic mass is 10.1. The molecule has 9 nitrogen and oxygen atoms in total. The fourth-order valence-electron chi connectivity index (χ4n) is 4.10. The van der Waals surface area contributed by atoms with Gasteiger partial charge in [-0.15, -0.1) is 0 Å². The lowest BCUT2D eigenvalue weighted by molar-refractivity contribution is -0.115. The number of carbonyl (C=O) groups excluding carboxylic acids is 1. The van der Waals surface area contributed by atoms with Crippen molar-refractivity contribution in [3.63, 3.8) is 0 Å². The van der Waals surface area contributed by atoms with Gasteiger partial charge < -0.3 is 26.0 Å². The first kappa shape index (κ1) is 22.6. The number of benzene rings is 1. The van der Waals surface area contributed by atoms with Gasteiger partial charge in [-0.1, -0.05) is 36.9 Å². The minimum atomic E-state index is -0.130. The molecule has 4 rings (SSSR count). The summed E-state index contributed by atoms with van der Waals surface area (Å²) in [7, 11) is 0. The van der Waals surface area contributed by atoms with Crippen LogP contribution in [0.25, 0.3) is 0 Å². The molecule has 1 saturated heterocycles. The zero-order chi connectivity index (χ0) is 23.0. The number of nitrogens with one attached hydrogen (secondary N) is 2. The number of nitrogen functional groups attached to an aromatic ring is 1. The van der Waals surface area contributed by atoms with Crippen molar-refractivity contribution < 1.29 is 9.53 Å². The van der Waals surface area contributed by atoms with E-state index in [1.807, 2.05) is 4.90 Å². The molecule has 1 fully saturated rings. The summed E-state index contributed by atoms with van der Waals surface area (Å²) in [5.74, 6) is 1.11. The molecule has 9 heteroatoms. The highest BCUT2D eigenvalue weighted by molar-refractivity contribution is 6.03. The fraction of sp³-hybridized carbons (Fsp3) is 0.375. The summed E-state index contributed by atoms with van der Waals surface area (Å²) in [5.41, 5.74) is 9.02. The molecule has 4 N–H and O–H groups in total. The smallest absolute Gasteiger partial charge is 0.244 e. The molecule has 2 aliphatic heterocycles. The number of aromatic nitrogens is 2. The van der Waals surface area contributed by atoms with Gasteiger partial charge in [-0.25, -0.2) is 0 Å². The summed E-state index contributed by atoms with van der Waals surface area (Å²) in [6.45, 7) is 8.57. The van der Waals surface area contributed by atoms with Crippen LogP contribution in [0.3, 0.4) is 0 Å². The zero-order valence-corrected chi connectivity index (χ0v) is 18.8. The van der Waals surface area contributed by atoms with Crippen LogP contribution in [0.4, 0.5) is 23.3 Å². The van der Waals surface area contributed by atoms with Gasteiger partial charge in [0.2, 0.25) is 11.9 Å². The highest BCUT2D eigenvalue weighted by Gasteiger charge is 2.27. The average molecular weight is 450 g/mol. The van der Waals surface area contributed by atoms with E-state index in [0.29, 0.717) is 37.1 Å². The number of rotatable bonds is 10. The summed E-state index contributed by atoms with van der Waals surface area (Å²) in [6.07, 6.45) is 7.48. The number of anilines is 4. The minimum Gasteiger partial charge on any atom is -0.499 e. The Bertz CT molecular complexity index is 1020. The quantitative estimate of drug-likeness (QED) is 0.289. The van der Waals surface area contributed by atoms with E-state index in [0.717, 1.165) is 25.2 Å². The van der Waals surface area contributed by atoms with Crippen LogP contribution in [0.15, 0.2) is 49.3 Å². The van der Waals surface area contributed by atoms with Crippen molar-refractivity contribution in [2.45, 2.75) is 25.9 Å². The lowest BCUT2D eigenvalue weighted by Crippen LogP contribution is -2.39. The number of amides is 1. The molecule has 0 saturated carbocycles.